The van der Waals surface area contributed by atoms with E-state index in [0.29, 0.717) is 19.0 Å². The fourth-order valence-corrected chi connectivity index (χ4v) is 1.21. The molecule has 1 aromatic rings. The van der Waals surface area contributed by atoms with E-state index in [2.05, 4.69) is 15.5 Å². The topological polar surface area (TPSA) is 96.7 Å². The molecule has 0 fully saturated rings. The van der Waals surface area contributed by atoms with Crippen molar-refractivity contribution in [2.75, 3.05) is 6.54 Å². The molecular weight excluding hydrogens is 208 g/mol. The number of aromatic nitrogens is 1. The Morgan fingerprint density at radius 3 is 2.81 bits per heavy atom. The number of hydrogen-bond donors (Lipinski definition) is 3. The fourth-order valence-electron chi connectivity index (χ4n) is 1.21. The van der Waals surface area contributed by atoms with Gasteiger partial charge in [0, 0.05) is 12.5 Å². The minimum absolute atomic E-state index is 0.0258. The monoisotopic (exact) mass is 226 g/mol. The van der Waals surface area contributed by atoms with Gasteiger partial charge >= 0.3 is 0 Å². The van der Waals surface area contributed by atoms with Gasteiger partial charge in [-0.15, -0.1) is 0 Å². The molecule has 6 nitrogen and oxygen atoms in total. The molecule has 1 rings (SSSR count). The van der Waals surface area contributed by atoms with Crippen LogP contribution in [0.2, 0.25) is 0 Å². The predicted octanol–water partition coefficient (Wildman–Crippen LogP) is 0.764. The molecule has 0 bridgehead atoms. The minimum Gasteiger partial charge on any atom is -0.444 e. The number of oxime groups is 1. The predicted molar refractivity (Wildman–Crippen MR) is 60.3 cm³/mol. The molecule has 1 unspecified atom stereocenters. The Bertz CT molecular complexity index is 353. The first-order chi connectivity index (χ1) is 7.54. The first-order valence-electron chi connectivity index (χ1n) is 5.15. The highest BCUT2D eigenvalue weighted by molar-refractivity contribution is 5.82. The summed E-state index contributed by atoms with van der Waals surface area (Å²) in [6, 6.07) is 0. The van der Waals surface area contributed by atoms with Crippen molar-refractivity contribution in [3.8, 4) is 0 Å². The van der Waals surface area contributed by atoms with Gasteiger partial charge in [0.25, 0.3) is 0 Å². The van der Waals surface area contributed by atoms with Crippen molar-refractivity contribution in [1.29, 1.82) is 0 Å². The summed E-state index contributed by atoms with van der Waals surface area (Å²) < 4.78 is 5.40. The highest BCUT2D eigenvalue weighted by atomic mass is 16.4. The summed E-state index contributed by atoms with van der Waals surface area (Å²) in [6.45, 7) is 6.80. The van der Waals surface area contributed by atoms with Crippen LogP contribution in [0.5, 0.6) is 0 Å². The van der Waals surface area contributed by atoms with E-state index < -0.39 is 0 Å². The molecule has 0 spiro atoms. The van der Waals surface area contributed by atoms with Gasteiger partial charge in [0.05, 0.1) is 12.2 Å². The summed E-state index contributed by atoms with van der Waals surface area (Å²) in [5.41, 5.74) is 6.35. The number of rotatable bonds is 5. The molecule has 1 aromatic heterocycles. The number of nitrogens with one attached hydrogen (secondary N) is 1. The van der Waals surface area contributed by atoms with Gasteiger partial charge in [-0.25, -0.2) is 4.98 Å². The lowest BCUT2D eigenvalue weighted by atomic mass is 10.1. The van der Waals surface area contributed by atoms with Crippen LogP contribution in [0, 0.1) is 19.8 Å². The SMILES string of the molecule is Cc1nc(CNCC(C)C(N)=NO)oc1C. The van der Waals surface area contributed by atoms with Crippen molar-refractivity contribution >= 4 is 5.84 Å². The Balaban J connectivity index is 2.36. The third-order valence-corrected chi connectivity index (χ3v) is 2.42. The normalized spacial score (nSPS) is 14.1. The second kappa shape index (κ2) is 5.50. The quantitative estimate of drug-likeness (QED) is 0.298. The van der Waals surface area contributed by atoms with Crippen LogP contribution in [0.1, 0.15) is 24.3 Å². The average Bonchev–Trinajstić information content (AvgIpc) is 2.57. The first kappa shape index (κ1) is 12.5. The van der Waals surface area contributed by atoms with Crippen molar-refractivity contribution in [1.82, 2.24) is 10.3 Å². The van der Waals surface area contributed by atoms with Crippen LogP contribution in [0.15, 0.2) is 9.57 Å². The molecule has 6 heteroatoms. The van der Waals surface area contributed by atoms with Gasteiger partial charge in [0.1, 0.15) is 11.6 Å². The second-order valence-electron chi connectivity index (χ2n) is 3.81. The maximum absolute atomic E-state index is 8.47. The highest BCUT2D eigenvalue weighted by Gasteiger charge is 2.09. The number of amidine groups is 1. The molecule has 0 saturated carbocycles. The Morgan fingerprint density at radius 2 is 2.31 bits per heavy atom. The lowest BCUT2D eigenvalue weighted by Gasteiger charge is -2.09. The second-order valence-corrected chi connectivity index (χ2v) is 3.81. The van der Waals surface area contributed by atoms with Crippen LogP contribution in [0.3, 0.4) is 0 Å². The third kappa shape index (κ3) is 3.23. The van der Waals surface area contributed by atoms with E-state index in [1.165, 1.54) is 0 Å². The minimum atomic E-state index is -0.0258. The van der Waals surface area contributed by atoms with Gasteiger partial charge in [0.15, 0.2) is 0 Å². The van der Waals surface area contributed by atoms with Gasteiger partial charge in [-0.2, -0.15) is 0 Å². The largest absolute Gasteiger partial charge is 0.444 e. The van der Waals surface area contributed by atoms with Crippen LogP contribution in [0.25, 0.3) is 0 Å². The van der Waals surface area contributed by atoms with Gasteiger partial charge < -0.3 is 20.7 Å². The molecule has 1 heterocycles. The summed E-state index contributed by atoms with van der Waals surface area (Å²) in [6.07, 6.45) is 0. The summed E-state index contributed by atoms with van der Waals surface area (Å²) >= 11 is 0. The molecule has 0 aliphatic carbocycles. The Morgan fingerprint density at radius 1 is 1.62 bits per heavy atom. The molecule has 4 N–H and O–H groups in total. The van der Waals surface area contributed by atoms with Crippen molar-refractivity contribution in [2.24, 2.45) is 16.8 Å². The third-order valence-electron chi connectivity index (χ3n) is 2.42. The molecule has 16 heavy (non-hydrogen) atoms. The van der Waals surface area contributed by atoms with E-state index in [0.717, 1.165) is 11.5 Å². The number of hydrogen-bond acceptors (Lipinski definition) is 5. The summed E-state index contributed by atoms with van der Waals surface area (Å²) in [4.78, 5) is 4.23. The van der Waals surface area contributed by atoms with Crippen LogP contribution < -0.4 is 11.1 Å². The Labute approximate surface area is 94.5 Å². The van der Waals surface area contributed by atoms with Crippen LogP contribution in [-0.2, 0) is 6.54 Å². The van der Waals surface area contributed by atoms with Crippen molar-refractivity contribution < 1.29 is 9.62 Å². The molecule has 0 aromatic carbocycles. The van der Waals surface area contributed by atoms with Crippen molar-refractivity contribution in [2.45, 2.75) is 27.3 Å². The molecule has 0 amide bonds. The maximum atomic E-state index is 8.47. The van der Waals surface area contributed by atoms with E-state index in [9.17, 15) is 0 Å². The standard InChI is InChI=1S/C10H18N4O2/c1-6(10(11)14-15)4-12-5-9-13-7(2)8(3)16-9/h6,12,15H,4-5H2,1-3H3,(H2,11,14). The number of aryl methyl sites for hydroxylation is 2. The Hall–Kier alpha value is -1.56. The van der Waals surface area contributed by atoms with Crippen LogP contribution >= 0.6 is 0 Å². The van der Waals surface area contributed by atoms with Crippen molar-refractivity contribution in [3.05, 3.63) is 17.3 Å². The zero-order valence-corrected chi connectivity index (χ0v) is 9.82. The van der Waals surface area contributed by atoms with E-state index in [4.69, 9.17) is 15.4 Å². The number of nitrogens with zero attached hydrogens (tertiary/aromatic N) is 2. The van der Waals surface area contributed by atoms with E-state index in [1.54, 1.807) is 0 Å². The summed E-state index contributed by atoms with van der Waals surface area (Å²) in [5, 5.41) is 14.5. The van der Waals surface area contributed by atoms with E-state index >= 15 is 0 Å². The molecular formula is C10H18N4O2. The summed E-state index contributed by atoms with van der Waals surface area (Å²) in [7, 11) is 0. The highest BCUT2D eigenvalue weighted by Crippen LogP contribution is 2.07. The number of oxazole rings is 1. The lowest BCUT2D eigenvalue weighted by molar-refractivity contribution is 0.314. The zero-order chi connectivity index (χ0) is 12.1. The molecule has 90 valence electrons. The van der Waals surface area contributed by atoms with Gasteiger partial charge in [-0.3, -0.25) is 0 Å². The van der Waals surface area contributed by atoms with Crippen molar-refractivity contribution in [3.63, 3.8) is 0 Å². The van der Waals surface area contributed by atoms with Gasteiger partial charge in [-0.1, -0.05) is 12.1 Å². The average molecular weight is 226 g/mol. The number of nitrogens with two attached hydrogens (primary N) is 1. The van der Waals surface area contributed by atoms with Gasteiger partial charge in [-0.05, 0) is 13.8 Å². The molecule has 0 aliphatic rings. The maximum Gasteiger partial charge on any atom is 0.208 e. The van der Waals surface area contributed by atoms with E-state index in [-0.39, 0.29) is 11.8 Å². The molecule has 0 radical (unpaired) electrons. The molecule has 0 aliphatic heterocycles. The van der Waals surface area contributed by atoms with E-state index in [1.807, 2.05) is 20.8 Å². The zero-order valence-electron chi connectivity index (χ0n) is 9.82. The smallest absolute Gasteiger partial charge is 0.208 e. The van der Waals surface area contributed by atoms with Crippen LogP contribution in [0.4, 0.5) is 0 Å². The van der Waals surface area contributed by atoms with Crippen LogP contribution in [-0.4, -0.2) is 22.6 Å². The molecule has 1 atom stereocenters. The summed E-state index contributed by atoms with van der Waals surface area (Å²) in [5.74, 6) is 1.68. The van der Waals surface area contributed by atoms with Gasteiger partial charge in [0.2, 0.25) is 5.89 Å². The Kier molecular flexibility index (Phi) is 4.30. The first-order valence-corrected chi connectivity index (χ1v) is 5.15. The fraction of sp³-hybridized carbons (Fsp3) is 0.600. The molecule has 0 saturated heterocycles. The lowest BCUT2D eigenvalue weighted by Crippen LogP contribution is -2.31.